The zero-order valence-electron chi connectivity index (χ0n) is 9.22. The molecule has 1 atom stereocenters. The molecule has 1 fully saturated rings. The first-order chi connectivity index (χ1) is 6.34. The first-order valence-corrected chi connectivity index (χ1v) is 5.92. The van der Waals surface area contributed by atoms with Crippen molar-refractivity contribution in [2.45, 2.75) is 52.4 Å². The van der Waals surface area contributed by atoms with E-state index in [4.69, 9.17) is 4.74 Å². The maximum absolute atomic E-state index is 5.46. The van der Waals surface area contributed by atoms with E-state index in [0.717, 1.165) is 25.0 Å². The second-order valence-corrected chi connectivity index (χ2v) is 4.42. The van der Waals surface area contributed by atoms with Gasteiger partial charge in [0, 0.05) is 13.2 Å². The fourth-order valence-corrected chi connectivity index (χ4v) is 2.40. The van der Waals surface area contributed by atoms with Gasteiger partial charge in [-0.2, -0.15) is 0 Å². The molecule has 13 heavy (non-hydrogen) atoms. The predicted molar refractivity (Wildman–Crippen MR) is 56.8 cm³/mol. The molecule has 1 unspecified atom stereocenters. The summed E-state index contributed by atoms with van der Waals surface area (Å²) in [6, 6.07) is 0. The highest BCUT2D eigenvalue weighted by atomic mass is 16.5. The Balaban J connectivity index is 2.27. The molecule has 0 aromatic carbocycles. The van der Waals surface area contributed by atoms with E-state index >= 15 is 0 Å². The number of hydrogen-bond acceptors (Lipinski definition) is 1. The van der Waals surface area contributed by atoms with Crippen molar-refractivity contribution in [2.75, 3.05) is 13.2 Å². The molecule has 0 aliphatic carbocycles. The van der Waals surface area contributed by atoms with Crippen molar-refractivity contribution in [1.29, 1.82) is 0 Å². The van der Waals surface area contributed by atoms with Crippen LogP contribution in [0.4, 0.5) is 0 Å². The summed E-state index contributed by atoms with van der Waals surface area (Å²) in [6.45, 7) is 6.71. The van der Waals surface area contributed by atoms with Crippen molar-refractivity contribution >= 4 is 0 Å². The van der Waals surface area contributed by atoms with E-state index in [-0.39, 0.29) is 0 Å². The molecule has 0 saturated carbocycles. The summed E-state index contributed by atoms with van der Waals surface area (Å²) in [5.41, 5.74) is 0. The van der Waals surface area contributed by atoms with Gasteiger partial charge >= 0.3 is 0 Å². The van der Waals surface area contributed by atoms with Crippen LogP contribution in [0, 0.1) is 11.8 Å². The molecule has 1 aliphatic rings. The molecule has 1 heteroatoms. The Morgan fingerprint density at radius 2 is 1.85 bits per heavy atom. The van der Waals surface area contributed by atoms with Gasteiger partial charge in [-0.25, -0.2) is 0 Å². The summed E-state index contributed by atoms with van der Waals surface area (Å²) < 4.78 is 5.46. The fourth-order valence-electron chi connectivity index (χ4n) is 2.40. The van der Waals surface area contributed by atoms with Gasteiger partial charge < -0.3 is 4.74 Å². The van der Waals surface area contributed by atoms with E-state index in [1.807, 2.05) is 0 Å². The van der Waals surface area contributed by atoms with Crippen LogP contribution in [0.25, 0.3) is 0 Å². The first-order valence-electron chi connectivity index (χ1n) is 5.92. The molecule has 1 nitrogen and oxygen atoms in total. The predicted octanol–water partition coefficient (Wildman–Crippen LogP) is 3.63. The van der Waals surface area contributed by atoms with Crippen LogP contribution in [0.2, 0.25) is 0 Å². The number of rotatable bonds is 3. The largest absolute Gasteiger partial charge is 0.381 e. The summed E-state index contributed by atoms with van der Waals surface area (Å²) in [7, 11) is 0. The van der Waals surface area contributed by atoms with Crippen molar-refractivity contribution < 1.29 is 4.74 Å². The van der Waals surface area contributed by atoms with Gasteiger partial charge in [-0.15, -0.1) is 0 Å². The van der Waals surface area contributed by atoms with E-state index in [1.54, 1.807) is 0 Å². The normalized spacial score (nSPS) is 23.5. The summed E-state index contributed by atoms with van der Waals surface area (Å²) in [5, 5.41) is 0. The van der Waals surface area contributed by atoms with Crippen LogP contribution in [0.5, 0.6) is 0 Å². The van der Waals surface area contributed by atoms with Gasteiger partial charge in [-0.1, -0.05) is 26.7 Å². The van der Waals surface area contributed by atoms with E-state index in [1.165, 1.54) is 38.5 Å². The van der Waals surface area contributed by atoms with Gasteiger partial charge in [0.25, 0.3) is 0 Å². The van der Waals surface area contributed by atoms with Crippen LogP contribution >= 0.6 is 0 Å². The summed E-state index contributed by atoms with van der Waals surface area (Å²) in [6.07, 6.45) is 8.08. The van der Waals surface area contributed by atoms with Crippen molar-refractivity contribution in [3.8, 4) is 0 Å². The van der Waals surface area contributed by atoms with Gasteiger partial charge in [0.05, 0.1) is 0 Å². The SMILES string of the molecule is CCCC(C)C1CCCOCCC1. The molecule has 0 aromatic heterocycles. The van der Waals surface area contributed by atoms with Gasteiger partial charge in [0.1, 0.15) is 0 Å². The zero-order valence-corrected chi connectivity index (χ0v) is 9.22. The molecule has 0 aromatic rings. The lowest BCUT2D eigenvalue weighted by atomic mass is 9.83. The molecule has 78 valence electrons. The Labute approximate surface area is 82.9 Å². The Morgan fingerprint density at radius 3 is 2.38 bits per heavy atom. The average Bonchev–Trinajstić information content (AvgIpc) is 2.03. The van der Waals surface area contributed by atoms with Crippen molar-refractivity contribution in [2.24, 2.45) is 11.8 Å². The molecule has 1 aliphatic heterocycles. The van der Waals surface area contributed by atoms with Crippen LogP contribution in [-0.4, -0.2) is 13.2 Å². The molecule has 1 saturated heterocycles. The minimum atomic E-state index is 0.933. The summed E-state index contributed by atoms with van der Waals surface area (Å²) in [5.74, 6) is 1.91. The molecule has 0 spiro atoms. The third-order valence-corrected chi connectivity index (χ3v) is 3.28. The quantitative estimate of drug-likeness (QED) is 0.651. The van der Waals surface area contributed by atoms with Gasteiger partial charge in [0.15, 0.2) is 0 Å². The van der Waals surface area contributed by atoms with Gasteiger partial charge in [0.2, 0.25) is 0 Å². The first kappa shape index (κ1) is 11.0. The van der Waals surface area contributed by atoms with Gasteiger partial charge in [-0.3, -0.25) is 0 Å². The topological polar surface area (TPSA) is 9.23 Å². The maximum atomic E-state index is 5.46. The van der Waals surface area contributed by atoms with Crippen molar-refractivity contribution in [1.82, 2.24) is 0 Å². The lowest BCUT2D eigenvalue weighted by molar-refractivity contribution is 0.0948. The minimum Gasteiger partial charge on any atom is -0.381 e. The van der Waals surface area contributed by atoms with Crippen LogP contribution in [0.1, 0.15) is 52.4 Å². The number of ether oxygens (including phenoxy) is 1. The second kappa shape index (κ2) is 6.42. The molecule has 0 N–H and O–H groups in total. The third kappa shape index (κ3) is 4.12. The Kier molecular flexibility index (Phi) is 5.45. The Hall–Kier alpha value is -0.0400. The highest BCUT2D eigenvalue weighted by Crippen LogP contribution is 2.27. The van der Waals surface area contributed by atoms with Crippen molar-refractivity contribution in [3.63, 3.8) is 0 Å². The van der Waals surface area contributed by atoms with Crippen LogP contribution in [0.3, 0.4) is 0 Å². The van der Waals surface area contributed by atoms with Gasteiger partial charge in [-0.05, 0) is 37.5 Å². The van der Waals surface area contributed by atoms with Crippen LogP contribution < -0.4 is 0 Å². The zero-order chi connectivity index (χ0) is 9.52. The fraction of sp³-hybridized carbons (Fsp3) is 1.00. The van der Waals surface area contributed by atoms with Crippen LogP contribution in [0.15, 0.2) is 0 Å². The van der Waals surface area contributed by atoms with E-state index in [2.05, 4.69) is 13.8 Å². The smallest absolute Gasteiger partial charge is 0.0466 e. The molecule has 0 bridgehead atoms. The molecular weight excluding hydrogens is 160 g/mol. The van der Waals surface area contributed by atoms with Crippen molar-refractivity contribution in [3.05, 3.63) is 0 Å². The molecule has 0 amide bonds. The Bertz CT molecular complexity index is 114. The molecule has 0 radical (unpaired) electrons. The minimum absolute atomic E-state index is 0.933. The van der Waals surface area contributed by atoms with E-state index in [9.17, 15) is 0 Å². The third-order valence-electron chi connectivity index (χ3n) is 3.28. The van der Waals surface area contributed by atoms with Crippen LogP contribution in [-0.2, 0) is 4.74 Å². The molecule has 1 rings (SSSR count). The lowest BCUT2D eigenvalue weighted by Gasteiger charge is -2.25. The summed E-state index contributed by atoms with van der Waals surface area (Å²) >= 11 is 0. The lowest BCUT2D eigenvalue weighted by Crippen LogP contribution is -2.16. The van der Waals surface area contributed by atoms with E-state index < -0.39 is 0 Å². The summed E-state index contributed by atoms with van der Waals surface area (Å²) in [4.78, 5) is 0. The Morgan fingerprint density at radius 1 is 1.23 bits per heavy atom. The average molecular weight is 184 g/mol. The second-order valence-electron chi connectivity index (χ2n) is 4.42. The standard InChI is InChI=1S/C12H24O/c1-3-6-11(2)12-7-4-9-13-10-5-8-12/h11-12H,3-10H2,1-2H3. The monoisotopic (exact) mass is 184 g/mol. The molecular formula is C12H24O. The maximum Gasteiger partial charge on any atom is 0.0466 e. The highest BCUT2D eigenvalue weighted by molar-refractivity contribution is 4.68. The van der Waals surface area contributed by atoms with E-state index in [0.29, 0.717) is 0 Å². The molecule has 1 heterocycles. The highest BCUT2D eigenvalue weighted by Gasteiger charge is 2.17. The number of hydrogen-bond donors (Lipinski definition) is 0.